The minimum Gasteiger partial charge on any atom is -0.470 e. The summed E-state index contributed by atoms with van der Waals surface area (Å²) in [6.07, 6.45) is 8.99. The van der Waals surface area contributed by atoms with Gasteiger partial charge in [-0.2, -0.15) is 0 Å². The Hall–Kier alpha value is -0.810. The molecule has 2 fully saturated rings. The maximum Gasteiger partial charge on any atom is 0.229 e. The third kappa shape index (κ3) is 4.13. The minimum atomic E-state index is 0.164. The molecule has 1 saturated carbocycles. The molecule has 1 unspecified atom stereocenters. The van der Waals surface area contributed by atoms with Gasteiger partial charge in [-0.05, 0) is 65.7 Å². The van der Waals surface area contributed by atoms with E-state index in [0.29, 0.717) is 18.6 Å². The van der Waals surface area contributed by atoms with Crippen LogP contribution in [0.5, 0.6) is 0 Å². The first-order valence-corrected chi connectivity index (χ1v) is 8.97. The van der Waals surface area contributed by atoms with Crippen LogP contribution in [0.3, 0.4) is 0 Å². The smallest absolute Gasteiger partial charge is 0.229 e. The van der Waals surface area contributed by atoms with E-state index >= 15 is 0 Å². The quantitative estimate of drug-likeness (QED) is 0.799. The van der Waals surface area contributed by atoms with E-state index in [1.807, 2.05) is 0 Å². The monoisotopic (exact) mass is 309 g/mol. The summed E-state index contributed by atoms with van der Waals surface area (Å²) < 4.78 is 6.19. The van der Waals surface area contributed by atoms with Gasteiger partial charge in [-0.15, -0.1) is 0 Å². The van der Waals surface area contributed by atoms with Crippen LogP contribution in [0.4, 0.5) is 0 Å². The molecule has 2 heterocycles. The van der Waals surface area contributed by atoms with Crippen LogP contribution in [-0.2, 0) is 9.57 Å². The molecule has 0 N–H and O–H groups in total. The number of piperidine rings is 1. The summed E-state index contributed by atoms with van der Waals surface area (Å²) in [5.41, 5.74) is 0. The molecule has 2 aliphatic heterocycles. The normalized spacial score (nSPS) is 34.0. The van der Waals surface area contributed by atoms with Crippen LogP contribution in [0, 0.1) is 5.92 Å². The molecular formula is C17H31N3O2. The molecule has 1 atom stereocenters. The molecule has 0 aromatic heterocycles. The fraction of sp³-hybridized carbons (Fsp3) is 0.941. The van der Waals surface area contributed by atoms with E-state index in [1.165, 1.54) is 58.0 Å². The Labute approximate surface area is 134 Å². The number of hydrogen-bond donors (Lipinski definition) is 0. The predicted molar refractivity (Wildman–Crippen MR) is 88.0 cm³/mol. The molecule has 3 rings (SSSR count). The highest BCUT2D eigenvalue weighted by atomic mass is 16.7. The molecule has 1 aliphatic carbocycles. The third-order valence-electron chi connectivity index (χ3n) is 5.39. The Morgan fingerprint density at radius 2 is 1.82 bits per heavy atom. The van der Waals surface area contributed by atoms with Crippen molar-refractivity contribution in [2.75, 3.05) is 40.3 Å². The lowest BCUT2D eigenvalue weighted by Crippen LogP contribution is -2.43. The Morgan fingerprint density at radius 1 is 1.09 bits per heavy atom. The van der Waals surface area contributed by atoms with Crippen LogP contribution in [0.1, 0.15) is 44.9 Å². The van der Waals surface area contributed by atoms with E-state index in [2.05, 4.69) is 29.1 Å². The number of hydrogen-bond acceptors (Lipinski definition) is 5. The summed E-state index contributed by atoms with van der Waals surface area (Å²) in [6, 6.07) is 0.713. The molecule has 22 heavy (non-hydrogen) atoms. The first-order valence-electron chi connectivity index (χ1n) is 8.97. The third-order valence-corrected chi connectivity index (χ3v) is 5.39. The fourth-order valence-corrected chi connectivity index (χ4v) is 3.94. The summed E-state index contributed by atoms with van der Waals surface area (Å²) in [5.74, 6) is 1.32. The van der Waals surface area contributed by atoms with Crippen molar-refractivity contribution in [3.63, 3.8) is 0 Å². The van der Waals surface area contributed by atoms with Crippen LogP contribution < -0.4 is 0 Å². The van der Waals surface area contributed by atoms with Crippen molar-refractivity contribution in [1.82, 2.24) is 9.80 Å². The maximum absolute atomic E-state index is 6.19. The van der Waals surface area contributed by atoms with Gasteiger partial charge in [0.2, 0.25) is 5.90 Å². The van der Waals surface area contributed by atoms with Crippen molar-refractivity contribution in [3.8, 4) is 0 Å². The van der Waals surface area contributed by atoms with Crippen LogP contribution in [0.25, 0.3) is 0 Å². The molecule has 5 heteroatoms. The molecule has 0 aromatic carbocycles. The first-order chi connectivity index (χ1) is 10.7. The molecule has 0 radical (unpaired) electrons. The molecule has 0 spiro atoms. The lowest BCUT2D eigenvalue weighted by molar-refractivity contribution is -0.0172. The van der Waals surface area contributed by atoms with Gasteiger partial charge in [0.1, 0.15) is 6.10 Å². The van der Waals surface area contributed by atoms with E-state index in [9.17, 15) is 0 Å². The molecule has 0 amide bonds. The van der Waals surface area contributed by atoms with Crippen molar-refractivity contribution < 1.29 is 9.57 Å². The van der Waals surface area contributed by atoms with Gasteiger partial charge >= 0.3 is 0 Å². The van der Waals surface area contributed by atoms with Crippen molar-refractivity contribution in [2.45, 2.75) is 57.1 Å². The zero-order chi connectivity index (χ0) is 15.4. The number of nitrogens with zero attached hydrogens (tertiary/aromatic N) is 3. The van der Waals surface area contributed by atoms with Crippen molar-refractivity contribution >= 4 is 5.90 Å². The highest BCUT2D eigenvalue weighted by molar-refractivity contribution is 5.78. The lowest BCUT2D eigenvalue weighted by atomic mass is 9.85. The Kier molecular flexibility index (Phi) is 5.58. The Bertz CT molecular complexity index is 372. The SMILES string of the molecule is CN(C)C1CCC(C2=NOCC(CN3CCCCC3)O2)CC1. The summed E-state index contributed by atoms with van der Waals surface area (Å²) in [7, 11) is 4.36. The average Bonchev–Trinajstić information content (AvgIpc) is 2.56. The maximum atomic E-state index is 6.19. The van der Waals surface area contributed by atoms with Crippen LogP contribution in [0.2, 0.25) is 0 Å². The number of oxime groups is 1. The molecule has 126 valence electrons. The molecule has 0 aromatic rings. The van der Waals surface area contributed by atoms with Crippen LogP contribution in [0.15, 0.2) is 5.16 Å². The zero-order valence-electron chi connectivity index (χ0n) is 14.2. The largest absolute Gasteiger partial charge is 0.470 e. The summed E-state index contributed by atoms with van der Waals surface area (Å²) in [4.78, 5) is 10.3. The van der Waals surface area contributed by atoms with Crippen molar-refractivity contribution in [3.05, 3.63) is 0 Å². The highest BCUT2D eigenvalue weighted by Crippen LogP contribution is 2.29. The second-order valence-corrected chi connectivity index (χ2v) is 7.30. The van der Waals surface area contributed by atoms with Gasteiger partial charge in [0.25, 0.3) is 0 Å². The van der Waals surface area contributed by atoms with Crippen molar-refractivity contribution in [2.24, 2.45) is 11.1 Å². The topological polar surface area (TPSA) is 37.3 Å². The van der Waals surface area contributed by atoms with Gasteiger partial charge in [-0.1, -0.05) is 11.6 Å². The summed E-state index contributed by atoms with van der Waals surface area (Å²) in [5, 5.41) is 4.23. The molecule has 3 aliphatic rings. The van der Waals surface area contributed by atoms with Crippen LogP contribution >= 0.6 is 0 Å². The average molecular weight is 309 g/mol. The van der Waals surface area contributed by atoms with Gasteiger partial charge < -0.3 is 14.5 Å². The molecular weight excluding hydrogens is 278 g/mol. The second-order valence-electron chi connectivity index (χ2n) is 7.30. The predicted octanol–water partition coefficient (Wildman–Crippen LogP) is 2.32. The van der Waals surface area contributed by atoms with Crippen LogP contribution in [-0.4, -0.2) is 68.2 Å². The fourth-order valence-electron chi connectivity index (χ4n) is 3.94. The zero-order valence-corrected chi connectivity index (χ0v) is 14.2. The highest BCUT2D eigenvalue weighted by Gasteiger charge is 2.31. The first kappa shape index (κ1) is 16.1. The summed E-state index contributed by atoms with van der Waals surface area (Å²) in [6.45, 7) is 4.01. The van der Waals surface area contributed by atoms with Gasteiger partial charge in [0.15, 0.2) is 6.61 Å². The summed E-state index contributed by atoms with van der Waals surface area (Å²) >= 11 is 0. The van der Waals surface area contributed by atoms with E-state index in [1.54, 1.807) is 0 Å². The molecule has 0 bridgehead atoms. The minimum absolute atomic E-state index is 0.164. The van der Waals surface area contributed by atoms with Gasteiger partial charge in [0, 0.05) is 18.5 Å². The number of rotatable bonds is 4. The van der Waals surface area contributed by atoms with Crippen molar-refractivity contribution in [1.29, 1.82) is 0 Å². The number of ether oxygens (including phenoxy) is 1. The number of likely N-dealkylation sites (tertiary alicyclic amines) is 1. The van der Waals surface area contributed by atoms with E-state index < -0.39 is 0 Å². The van der Waals surface area contributed by atoms with Gasteiger partial charge in [-0.3, -0.25) is 4.90 Å². The van der Waals surface area contributed by atoms with Gasteiger partial charge in [0.05, 0.1) is 0 Å². The Balaban J connectivity index is 1.47. The Morgan fingerprint density at radius 3 is 2.50 bits per heavy atom. The lowest BCUT2D eigenvalue weighted by Gasteiger charge is -2.36. The molecule has 1 saturated heterocycles. The van der Waals surface area contributed by atoms with E-state index in [4.69, 9.17) is 9.57 Å². The second kappa shape index (κ2) is 7.64. The van der Waals surface area contributed by atoms with E-state index in [0.717, 1.165) is 12.4 Å². The molecule has 5 nitrogen and oxygen atoms in total. The van der Waals surface area contributed by atoms with Gasteiger partial charge in [-0.25, -0.2) is 0 Å². The van der Waals surface area contributed by atoms with E-state index in [-0.39, 0.29) is 6.10 Å². The standard InChI is InChI=1S/C17H31N3O2/c1-19(2)15-8-6-14(7-9-15)17-18-21-13-16(22-17)12-20-10-4-3-5-11-20/h14-16H,3-13H2,1-2H3.